The molecule has 2 amide bonds. The molecule has 0 spiro atoms. The van der Waals surface area contributed by atoms with Crippen LogP contribution in [-0.4, -0.2) is 73.0 Å². The zero-order valence-corrected chi connectivity index (χ0v) is 13.0. The molecule has 0 saturated carbocycles. The van der Waals surface area contributed by atoms with Crippen LogP contribution in [0.4, 0.5) is 10.6 Å². The summed E-state index contributed by atoms with van der Waals surface area (Å²) in [6.07, 6.45) is 5.49. The summed E-state index contributed by atoms with van der Waals surface area (Å²) in [5.74, 6) is 1.03. The van der Waals surface area contributed by atoms with Gasteiger partial charge in [0.25, 0.3) is 0 Å². The first kappa shape index (κ1) is 15.0. The van der Waals surface area contributed by atoms with E-state index in [2.05, 4.69) is 20.2 Å². The van der Waals surface area contributed by atoms with Crippen molar-refractivity contribution < 1.29 is 13.2 Å². The predicted molar refractivity (Wildman–Crippen MR) is 81.4 cm³/mol. The number of anilines is 1. The minimum atomic E-state index is -2.97. The van der Waals surface area contributed by atoms with Crippen LogP contribution < -0.4 is 10.2 Å². The number of carbonyl (C=O) groups is 1. The second-order valence-electron chi connectivity index (χ2n) is 5.59. The monoisotopic (exact) mass is 325 g/mol. The molecule has 2 aliphatic rings. The quantitative estimate of drug-likeness (QED) is 0.787. The SMILES string of the molecule is O=C(NC1CCS(=O)(=O)C1)N1CCN(c2cnccn2)CC1. The number of hydrogen-bond acceptors (Lipinski definition) is 6. The van der Waals surface area contributed by atoms with Gasteiger partial charge in [0.05, 0.1) is 17.7 Å². The summed E-state index contributed by atoms with van der Waals surface area (Å²) >= 11 is 0. The van der Waals surface area contributed by atoms with Crippen molar-refractivity contribution in [2.45, 2.75) is 12.5 Å². The molecular formula is C13H19N5O3S. The summed E-state index contributed by atoms with van der Waals surface area (Å²) in [6, 6.07) is -0.434. The van der Waals surface area contributed by atoms with Crippen LogP contribution in [0.5, 0.6) is 0 Å². The molecule has 0 radical (unpaired) electrons. The fourth-order valence-corrected chi connectivity index (χ4v) is 4.44. The van der Waals surface area contributed by atoms with Crippen LogP contribution in [0.25, 0.3) is 0 Å². The zero-order valence-electron chi connectivity index (χ0n) is 12.2. The maximum Gasteiger partial charge on any atom is 0.317 e. The highest BCUT2D eigenvalue weighted by atomic mass is 32.2. The van der Waals surface area contributed by atoms with Gasteiger partial charge in [0.1, 0.15) is 5.82 Å². The highest BCUT2D eigenvalue weighted by Gasteiger charge is 2.31. The highest BCUT2D eigenvalue weighted by molar-refractivity contribution is 7.91. The molecule has 120 valence electrons. The molecule has 1 unspecified atom stereocenters. The van der Waals surface area contributed by atoms with Crippen molar-refractivity contribution in [1.82, 2.24) is 20.2 Å². The highest BCUT2D eigenvalue weighted by Crippen LogP contribution is 2.14. The van der Waals surface area contributed by atoms with E-state index in [0.717, 1.165) is 5.82 Å². The molecule has 2 fully saturated rings. The number of rotatable bonds is 2. The standard InChI is InChI=1S/C13H19N5O3S/c19-13(16-11-1-8-22(20,21)10-11)18-6-4-17(5-7-18)12-9-14-2-3-15-12/h2-3,9,11H,1,4-8,10H2,(H,16,19). The van der Waals surface area contributed by atoms with Gasteiger partial charge in [0.15, 0.2) is 9.84 Å². The van der Waals surface area contributed by atoms with Crippen molar-refractivity contribution in [3.8, 4) is 0 Å². The first-order valence-electron chi connectivity index (χ1n) is 7.30. The van der Waals surface area contributed by atoms with Gasteiger partial charge in [-0.25, -0.2) is 18.2 Å². The Morgan fingerprint density at radius 3 is 2.59 bits per heavy atom. The topological polar surface area (TPSA) is 95.5 Å². The molecule has 1 aromatic heterocycles. The minimum Gasteiger partial charge on any atom is -0.352 e. The third-order valence-corrected chi connectivity index (χ3v) is 5.77. The Bertz CT molecular complexity index is 628. The molecule has 1 atom stereocenters. The summed E-state index contributed by atoms with van der Waals surface area (Å²) in [5, 5.41) is 2.82. The summed E-state index contributed by atoms with van der Waals surface area (Å²) in [6.45, 7) is 2.55. The molecule has 2 aliphatic heterocycles. The van der Waals surface area contributed by atoms with E-state index in [0.29, 0.717) is 32.6 Å². The van der Waals surface area contributed by atoms with Gasteiger partial charge in [-0.2, -0.15) is 0 Å². The molecular weight excluding hydrogens is 306 g/mol. The van der Waals surface area contributed by atoms with Gasteiger partial charge < -0.3 is 15.1 Å². The summed E-state index contributed by atoms with van der Waals surface area (Å²) in [7, 11) is -2.97. The average molecular weight is 325 g/mol. The lowest BCUT2D eigenvalue weighted by atomic mass is 10.2. The van der Waals surface area contributed by atoms with E-state index in [1.165, 1.54) is 0 Å². The number of carbonyl (C=O) groups excluding carboxylic acids is 1. The van der Waals surface area contributed by atoms with Crippen molar-refractivity contribution in [1.29, 1.82) is 0 Å². The van der Waals surface area contributed by atoms with Gasteiger partial charge >= 0.3 is 6.03 Å². The van der Waals surface area contributed by atoms with Gasteiger partial charge in [-0.1, -0.05) is 0 Å². The van der Waals surface area contributed by atoms with Crippen molar-refractivity contribution in [2.24, 2.45) is 0 Å². The lowest BCUT2D eigenvalue weighted by Crippen LogP contribution is -2.53. The van der Waals surface area contributed by atoms with Gasteiger partial charge in [-0.3, -0.25) is 4.98 Å². The predicted octanol–water partition coefficient (Wildman–Crippen LogP) is -0.505. The molecule has 22 heavy (non-hydrogen) atoms. The Labute approximate surface area is 129 Å². The average Bonchev–Trinajstić information content (AvgIpc) is 2.87. The zero-order chi connectivity index (χ0) is 15.6. The summed E-state index contributed by atoms with van der Waals surface area (Å²) in [4.78, 5) is 24.3. The third kappa shape index (κ3) is 3.46. The molecule has 0 aromatic carbocycles. The number of nitrogens with zero attached hydrogens (tertiary/aromatic N) is 4. The Morgan fingerprint density at radius 2 is 2.00 bits per heavy atom. The third-order valence-electron chi connectivity index (χ3n) is 4.00. The summed E-state index contributed by atoms with van der Waals surface area (Å²) < 4.78 is 22.8. The van der Waals surface area contributed by atoms with Crippen LogP contribution in [0, 0.1) is 0 Å². The molecule has 3 rings (SSSR count). The maximum absolute atomic E-state index is 12.2. The minimum absolute atomic E-state index is 0.0539. The van der Waals surface area contributed by atoms with Crippen LogP contribution in [0.2, 0.25) is 0 Å². The summed E-state index contributed by atoms with van der Waals surface area (Å²) in [5.41, 5.74) is 0. The van der Waals surface area contributed by atoms with Gasteiger partial charge in [-0.05, 0) is 6.42 Å². The lowest BCUT2D eigenvalue weighted by Gasteiger charge is -2.35. The fourth-order valence-electron chi connectivity index (χ4n) is 2.77. The first-order valence-corrected chi connectivity index (χ1v) is 9.12. The molecule has 9 heteroatoms. The second kappa shape index (κ2) is 6.07. The molecule has 2 saturated heterocycles. The van der Waals surface area contributed by atoms with Crippen molar-refractivity contribution >= 4 is 21.7 Å². The van der Waals surface area contributed by atoms with E-state index >= 15 is 0 Å². The van der Waals surface area contributed by atoms with Crippen molar-refractivity contribution in [2.75, 3.05) is 42.6 Å². The van der Waals surface area contributed by atoms with Gasteiger partial charge in [0, 0.05) is 44.6 Å². The number of aromatic nitrogens is 2. The van der Waals surface area contributed by atoms with Gasteiger partial charge in [0.2, 0.25) is 0 Å². The number of nitrogens with one attached hydrogen (secondary N) is 1. The number of hydrogen-bond donors (Lipinski definition) is 1. The number of urea groups is 1. The van der Waals surface area contributed by atoms with E-state index in [1.54, 1.807) is 23.5 Å². The lowest BCUT2D eigenvalue weighted by molar-refractivity contribution is 0.191. The van der Waals surface area contributed by atoms with Crippen LogP contribution in [0.1, 0.15) is 6.42 Å². The maximum atomic E-state index is 12.2. The second-order valence-corrected chi connectivity index (χ2v) is 7.82. The Kier molecular flexibility index (Phi) is 4.14. The smallest absolute Gasteiger partial charge is 0.317 e. The molecule has 1 aromatic rings. The van der Waals surface area contributed by atoms with Gasteiger partial charge in [-0.15, -0.1) is 0 Å². The molecule has 8 nitrogen and oxygen atoms in total. The van der Waals surface area contributed by atoms with Crippen LogP contribution in [0.3, 0.4) is 0 Å². The Balaban J connectivity index is 1.50. The molecule has 0 bridgehead atoms. The molecule has 1 N–H and O–H groups in total. The number of amides is 2. The van der Waals surface area contributed by atoms with Crippen LogP contribution in [-0.2, 0) is 9.84 Å². The van der Waals surface area contributed by atoms with Crippen LogP contribution >= 0.6 is 0 Å². The van der Waals surface area contributed by atoms with E-state index in [-0.39, 0.29) is 23.6 Å². The largest absolute Gasteiger partial charge is 0.352 e. The van der Waals surface area contributed by atoms with E-state index in [1.807, 2.05) is 0 Å². The molecule has 3 heterocycles. The van der Waals surface area contributed by atoms with Crippen molar-refractivity contribution in [3.63, 3.8) is 0 Å². The first-order chi connectivity index (χ1) is 10.5. The van der Waals surface area contributed by atoms with E-state index in [4.69, 9.17) is 0 Å². The van der Waals surface area contributed by atoms with E-state index in [9.17, 15) is 13.2 Å². The Morgan fingerprint density at radius 1 is 1.23 bits per heavy atom. The Hall–Kier alpha value is -1.90. The van der Waals surface area contributed by atoms with Crippen molar-refractivity contribution in [3.05, 3.63) is 18.6 Å². The van der Waals surface area contributed by atoms with E-state index < -0.39 is 9.84 Å². The normalized spacial score (nSPS) is 24.3. The number of piperazine rings is 1. The number of sulfone groups is 1. The van der Waals surface area contributed by atoms with Crippen LogP contribution in [0.15, 0.2) is 18.6 Å². The fraction of sp³-hybridized carbons (Fsp3) is 0.615. The molecule has 0 aliphatic carbocycles.